The second-order valence-electron chi connectivity index (χ2n) is 8.95. The Balaban J connectivity index is 1.50. The van der Waals surface area contributed by atoms with Crippen molar-refractivity contribution in [1.82, 2.24) is 29.8 Å². The van der Waals surface area contributed by atoms with Gasteiger partial charge in [0, 0.05) is 17.5 Å². The molecule has 5 aromatic rings. The number of alkyl halides is 3. The minimum Gasteiger partial charge on any atom is -0.292 e. The third-order valence-corrected chi connectivity index (χ3v) is 6.37. The molecule has 0 aliphatic rings. The minimum atomic E-state index is -5.06. The number of benzene rings is 3. The van der Waals surface area contributed by atoms with Crippen LogP contribution in [-0.2, 0) is 13.0 Å². The monoisotopic (exact) mass is 532 g/mol. The lowest BCUT2D eigenvalue weighted by Gasteiger charge is -2.11. The Morgan fingerprint density at radius 3 is 2.31 bits per heavy atom. The van der Waals surface area contributed by atoms with Crippen LogP contribution in [0.3, 0.4) is 0 Å². The molecule has 2 heterocycles. The number of Topliss-reactive ketones (excluding diaryl/α,β-unsaturated/α-hetero) is 1. The van der Waals surface area contributed by atoms with Crippen LogP contribution < -0.4 is 5.69 Å². The maximum Gasteiger partial charge on any atom is 0.454 e. The van der Waals surface area contributed by atoms with Crippen molar-refractivity contribution in [3.05, 3.63) is 106 Å². The van der Waals surface area contributed by atoms with E-state index in [0.717, 1.165) is 39.3 Å². The number of ketones is 1. The van der Waals surface area contributed by atoms with Gasteiger partial charge in [-0.3, -0.25) is 13.9 Å². The SMILES string of the molecule is CCCc1cn(-c2ccccc2C(=O)C(F)(F)F)c(=O)n1Cc1ccc(-c2ccccc2-c2nnn[nH]2)cc1. The van der Waals surface area contributed by atoms with Crippen molar-refractivity contribution >= 4 is 5.78 Å². The third kappa shape index (κ3) is 5.15. The van der Waals surface area contributed by atoms with Crippen LogP contribution in [0.2, 0.25) is 0 Å². The first-order valence-corrected chi connectivity index (χ1v) is 12.2. The largest absolute Gasteiger partial charge is 0.454 e. The number of nitrogens with zero attached hydrogens (tertiary/aromatic N) is 5. The first kappa shape index (κ1) is 25.8. The fourth-order valence-electron chi connectivity index (χ4n) is 4.54. The number of carbonyl (C=O) groups is 1. The molecule has 1 N–H and O–H groups in total. The van der Waals surface area contributed by atoms with Gasteiger partial charge >= 0.3 is 11.9 Å². The number of rotatable bonds is 8. The number of aryl methyl sites for hydroxylation is 1. The molecule has 0 bridgehead atoms. The van der Waals surface area contributed by atoms with Crippen LogP contribution in [0.5, 0.6) is 0 Å². The summed E-state index contributed by atoms with van der Waals surface area (Å²) in [5, 5.41) is 14.1. The fourth-order valence-corrected chi connectivity index (χ4v) is 4.54. The van der Waals surface area contributed by atoms with Gasteiger partial charge in [-0.15, -0.1) is 5.10 Å². The summed E-state index contributed by atoms with van der Waals surface area (Å²) in [5.74, 6) is -1.46. The van der Waals surface area contributed by atoms with Gasteiger partial charge in [-0.25, -0.2) is 9.89 Å². The number of imidazole rings is 1. The molecule has 0 saturated carbocycles. The van der Waals surface area contributed by atoms with Gasteiger partial charge in [0.15, 0.2) is 5.82 Å². The van der Waals surface area contributed by atoms with Crippen LogP contribution in [0.15, 0.2) is 83.8 Å². The van der Waals surface area contributed by atoms with E-state index in [0.29, 0.717) is 17.9 Å². The molecular formula is C28H23F3N6O2. The first-order chi connectivity index (χ1) is 18.8. The Labute approximate surface area is 220 Å². The van der Waals surface area contributed by atoms with Crippen LogP contribution in [-0.4, -0.2) is 41.7 Å². The standard InChI is InChI=1S/C28H23F3N6O2/c1-2-7-20-17-37(24-11-6-5-10-23(24)25(38)28(29,30)31)27(39)36(20)16-18-12-14-19(15-13-18)21-8-3-4-9-22(21)26-32-34-35-33-26/h3-6,8-15,17H,2,7,16H2,1H3,(H,32,33,34,35). The summed E-state index contributed by atoms with van der Waals surface area (Å²) in [6.07, 6.45) is -2.28. The van der Waals surface area contributed by atoms with Gasteiger partial charge in [-0.05, 0) is 45.7 Å². The minimum absolute atomic E-state index is 0.102. The van der Waals surface area contributed by atoms with Crippen molar-refractivity contribution in [3.8, 4) is 28.2 Å². The number of nitrogens with one attached hydrogen (secondary N) is 1. The van der Waals surface area contributed by atoms with Crippen molar-refractivity contribution in [1.29, 1.82) is 0 Å². The van der Waals surface area contributed by atoms with Crippen molar-refractivity contribution in [3.63, 3.8) is 0 Å². The average molecular weight is 533 g/mol. The molecule has 0 saturated heterocycles. The number of tetrazole rings is 1. The highest BCUT2D eigenvalue weighted by Crippen LogP contribution is 2.30. The topological polar surface area (TPSA) is 98.5 Å². The van der Waals surface area contributed by atoms with E-state index in [1.54, 1.807) is 0 Å². The van der Waals surface area contributed by atoms with E-state index in [1.807, 2.05) is 55.5 Å². The second-order valence-corrected chi connectivity index (χ2v) is 8.95. The smallest absolute Gasteiger partial charge is 0.292 e. The first-order valence-electron chi connectivity index (χ1n) is 12.2. The maximum absolute atomic E-state index is 13.5. The molecule has 0 radical (unpaired) electrons. The number of aromatic amines is 1. The molecule has 0 amide bonds. The molecule has 5 rings (SSSR count). The molecule has 8 nitrogen and oxygen atoms in total. The third-order valence-electron chi connectivity index (χ3n) is 6.37. The number of carbonyl (C=O) groups excluding carboxylic acids is 1. The van der Waals surface area contributed by atoms with E-state index in [4.69, 9.17) is 0 Å². The van der Waals surface area contributed by atoms with Gasteiger partial charge < -0.3 is 0 Å². The van der Waals surface area contributed by atoms with Crippen LogP contribution in [0.25, 0.3) is 28.2 Å². The van der Waals surface area contributed by atoms with Crippen LogP contribution >= 0.6 is 0 Å². The summed E-state index contributed by atoms with van der Waals surface area (Å²) in [6.45, 7) is 2.16. The van der Waals surface area contributed by atoms with E-state index < -0.39 is 23.2 Å². The summed E-state index contributed by atoms with van der Waals surface area (Å²) in [4.78, 5) is 25.5. The molecule has 0 aliphatic heterocycles. The Kier molecular flexibility index (Phi) is 6.97. The number of H-pyrrole nitrogens is 1. The van der Waals surface area contributed by atoms with Crippen LogP contribution in [0, 0.1) is 0 Å². The maximum atomic E-state index is 13.5. The zero-order valence-electron chi connectivity index (χ0n) is 20.8. The van der Waals surface area contributed by atoms with Gasteiger partial charge in [0.1, 0.15) is 0 Å². The molecule has 39 heavy (non-hydrogen) atoms. The number of para-hydroxylation sites is 1. The Morgan fingerprint density at radius 2 is 1.64 bits per heavy atom. The highest BCUT2D eigenvalue weighted by Gasteiger charge is 2.40. The predicted molar refractivity (Wildman–Crippen MR) is 139 cm³/mol. The molecule has 0 atom stereocenters. The second kappa shape index (κ2) is 10.5. The summed E-state index contributed by atoms with van der Waals surface area (Å²) in [7, 11) is 0. The summed E-state index contributed by atoms with van der Waals surface area (Å²) >= 11 is 0. The molecule has 0 aliphatic carbocycles. The van der Waals surface area contributed by atoms with Crippen molar-refractivity contribution in [2.75, 3.05) is 0 Å². The lowest BCUT2D eigenvalue weighted by Crippen LogP contribution is -2.28. The van der Waals surface area contributed by atoms with Gasteiger partial charge in [0.2, 0.25) is 0 Å². The zero-order valence-corrected chi connectivity index (χ0v) is 20.8. The fraction of sp³-hybridized carbons (Fsp3) is 0.179. The predicted octanol–water partition coefficient (Wildman–Crippen LogP) is 5.23. The highest BCUT2D eigenvalue weighted by atomic mass is 19.4. The Bertz CT molecular complexity index is 1670. The highest BCUT2D eigenvalue weighted by molar-refractivity contribution is 6.03. The molecule has 0 fully saturated rings. The zero-order chi connectivity index (χ0) is 27.6. The normalized spacial score (nSPS) is 11.6. The number of halogens is 3. The van der Waals surface area contributed by atoms with Crippen LogP contribution in [0.4, 0.5) is 13.2 Å². The lowest BCUT2D eigenvalue weighted by atomic mass is 9.98. The van der Waals surface area contributed by atoms with Gasteiger partial charge in [-0.1, -0.05) is 74.0 Å². The van der Waals surface area contributed by atoms with Crippen molar-refractivity contribution < 1.29 is 18.0 Å². The molecule has 0 spiro atoms. The van der Waals surface area contributed by atoms with Crippen molar-refractivity contribution in [2.24, 2.45) is 0 Å². The molecule has 3 aromatic carbocycles. The molecule has 0 unspecified atom stereocenters. The van der Waals surface area contributed by atoms with E-state index in [9.17, 15) is 22.8 Å². The van der Waals surface area contributed by atoms with Crippen LogP contribution in [0.1, 0.15) is 35.0 Å². The summed E-state index contributed by atoms with van der Waals surface area (Å²) in [5.41, 5.74) is 2.96. The van der Waals surface area contributed by atoms with Crippen molar-refractivity contribution in [2.45, 2.75) is 32.5 Å². The van der Waals surface area contributed by atoms with Gasteiger partial charge in [0.25, 0.3) is 5.78 Å². The molecule has 11 heteroatoms. The number of hydrogen-bond acceptors (Lipinski definition) is 5. The van der Waals surface area contributed by atoms with E-state index in [-0.39, 0.29) is 12.2 Å². The lowest BCUT2D eigenvalue weighted by molar-refractivity contribution is -0.0885. The Morgan fingerprint density at radius 1 is 0.949 bits per heavy atom. The van der Waals surface area contributed by atoms with Gasteiger partial charge in [0.05, 0.1) is 17.8 Å². The average Bonchev–Trinajstić information content (AvgIpc) is 3.58. The Hall–Kier alpha value is -4.80. The van der Waals surface area contributed by atoms with Gasteiger partial charge in [-0.2, -0.15) is 13.2 Å². The molecule has 2 aromatic heterocycles. The number of hydrogen-bond donors (Lipinski definition) is 1. The molecule has 198 valence electrons. The molecular weight excluding hydrogens is 509 g/mol. The summed E-state index contributed by atoms with van der Waals surface area (Å²) in [6, 6.07) is 20.6. The summed E-state index contributed by atoms with van der Waals surface area (Å²) < 4.78 is 42.3. The van der Waals surface area contributed by atoms with E-state index >= 15 is 0 Å². The van der Waals surface area contributed by atoms with E-state index in [1.165, 1.54) is 29.0 Å². The van der Waals surface area contributed by atoms with E-state index in [2.05, 4.69) is 20.6 Å². The number of aromatic nitrogens is 6. The quantitative estimate of drug-likeness (QED) is 0.276.